The predicted octanol–water partition coefficient (Wildman–Crippen LogP) is 4.07. The molecule has 1 aliphatic rings. The Balaban J connectivity index is 1.48. The molecular formula is C22H29N5O. The van der Waals surface area contributed by atoms with Crippen molar-refractivity contribution in [1.29, 1.82) is 0 Å². The van der Waals surface area contributed by atoms with Crippen molar-refractivity contribution in [3.8, 4) is 5.82 Å². The van der Waals surface area contributed by atoms with Crippen molar-refractivity contribution in [1.82, 2.24) is 24.6 Å². The number of fused-ring (bicyclic) bond motifs is 1. The van der Waals surface area contributed by atoms with Crippen molar-refractivity contribution in [3.63, 3.8) is 0 Å². The van der Waals surface area contributed by atoms with Crippen LogP contribution in [-0.4, -0.2) is 31.3 Å². The summed E-state index contributed by atoms with van der Waals surface area (Å²) < 4.78 is 3.98. The lowest BCUT2D eigenvalue weighted by Crippen LogP contribution is -2.36. The maximum atomic E-state index is 12.3. The number of aromatic nitrogens is 4. The zero-order valence-corrected chi connectivity index (χ0v) is 16.8. The highest BCUT2D eigenvalue weighted by atomic mass is 16.1. The molecule has 1 amide bonds. The number of carbonyl (C=O) groups is 1. The van der Waals surface area contributed by atoms with Gasteiger partial charge >= 0.3 is 0 Å². The van der Waals surface area contributed by atoms with Gasteiger partial charge in [-0.3, -0.25) is 4.79 Å². The van der Waals surface area contributed by atoms with E-state index >= 15 is 0 Å². The van der Waals surface area contributed by atoms with Gasteiger partial charge in [-0.15, -0.1) is 0 Å². The third kappa shape index (κ3) is 3.96. The number of hydrogen-bond donors (Lipinski definition) is 1. The summed E-state index contributed by atoms with van der Waals surface area (Å²) in [7, 11) is 0. The van der Waals surface area contributed by atoms with E-state index in [1.165, 1.54) is 24.8 Å². The fourth-order valence-electron chi connectivity index (χ4n) is 4.24. The first-order valence-electron chi connectivity index (χ1n) is 10.4. The number of hydrogen-bond acceptors (Lipinski definition) is 3. The number of amides is 1. The highest BCUT2D eigenvalue weighted by molar-refractivity contribution is 5.87. The van der Waals surface area contributed by atoms with Gasteiger partial charge in [0.2, 0.25) is 5.91 Å². The molecule has 148 valence electrons. The molecule has 0 unspecified atom stereocenters. The van der Waals surface area contributed by atoms with Crippen LogP contribution >= 0.6 is 0 Å². The minimum Gasteiger partial charge on any atom is -0.353 e. The molecule has 1 fully saturated rings. The number of nitrogens with one attached hydrogen (secondary N) is 1. The lowest BCUT2D eigenvalue weighted by atomic mass is 9.95. The fourth-order valence-corrected chi connectivity index (χ4v) is 4.24. The summed E-state index contributed by atoms with van der Waals surface area (Å²) in [4.78, 5) is 17.0. The minimum atomic E-state index is 0.161. The number of carbonyl (C=O) groups excluding carboxylic acids is 1. The molecule has 3 heterocycles. The molecular weight excluding hydrogens is 350 g/mol. The van der Waals surface area contributed by atoms with Crippen LogP contribution in [0.15, 0.2) is 30.6 Å². The summed E-state index contributed by atoms with van der Waals surface area (Å²) in [5.41, 5.74) is 3.06. The molecule has 6 nitrogen and oxygen atoms in total. The second-order valence-electron chi connectivity index (χ2n) is 7.92. The number of rotatable bonds is 6. The third-order valence-electron chi connectivity index (χ3n) is 5.60. The van der Waals surface area contributed by atoms with Crippen LogP contribution in [0, 0.1) is 13.8 Å². The van der Waals surface area contributed by atoms with Crippen LogP contribution in [0.4, 0.5) is 0 Å². The summed E-state index contributed by atoms with van der Waals surface area (Å²) in [6.07, 6.45) is 11.3. The molecule has 28 heavy (non-hydrogen) atoms. The van der Waals surface area contributed by atoms with Gasteiger partial charge in [0.05, 0.1) is 5.39 Å². The summed E-state index contributed by atoms with van der Waals surface area (Å²) >= 11 is 0. The molecule has 6 heteroatoms. The number of pyridine rings is 1. The van der Waals surface area contributed by atoms with Gasteiger partial charge in [0.15, 0.2) is 11.5 Å². The van der Waals surface area contributed by atoms with E-state index in [9.17, 15) is 4.79 Å². The Morgan fingerprint density at radius 3 is 2.68 bits per heavy atom. The van der Waals surface area contributed by atoms with E-state index in [4.69, 9.17) is 10.1 Å². The smallest absolute Gasteiger partial charge is 0.220 e. The van der Waals surface area contributed by atoms with Crippen LogP contribution in [0.1, 0.15) is 56.2 Å². The fraction of sp³-hybridized carbons (Fsp3) is 0.500. The maximum absolute atomic E-state index is 12.3. The molecule has 0 spiro atoms. The van der Waals surface area contributed by atoms with Crippen LogP contribution in [0.25, 0.3) is 16.9 Å². The Morgan fingerprint density at radius 2 is 1.93 bits per heavy atom. The van der Waals surface area contributed by atoms with Crippen LogP contribution in [0.5, 0.6) is 0 Å². The molecule has 1 aliphatic carbocycles. The lowest BCUT2D eigenvalue weighted by molar-refractivity contribution is -0.122. The maximum Gasteiger partial charge on any atom is 0.220 e. The molecule has 1 saturated carbocycles. The van der Waals surface area contributed by atoms with Crippen molar-refractivity contribution in [3.05, 3.63) is 41.9 Å². The molecule has 3 aromatic rings. The Kier molecular flexibility index (Phi) is 5.46. The molecule has 0 saturated heterocycles. The number of aryl methyl sites for hydroxylation is 3. The van der Waals surface area contributed by atoms with E-state index in [2.05, 4.69) is 18.3 Å². The molecule has 1 N–H and O–H groups in total. The third-order valence-corrected chi connectivity index (χ3v) is 5.60. The van der Waals surface area contributed by atoms with Gasteiger partial charge in [0.1, 0.15) is 0 Å². The molecule has 0 atom stereocenters. The standard InChI is InChI=1S/C22H29N5O/c1-16-15-17(2)23-21-20(16)22(26-12-6-7-13-26)25-27(21)14-8-11-19(28)24-18-9-4-3-5-10-18/h6-7,12-13,15,18H,3-5,8-11,14H2,1-2H3,(H,24,28). The highest BCUT2D eigenvalue weighted by Crippen LogP contribution is 2.25. The van der Waals surface area contributed by atoms with E-state index in [-0.39, 0.29) is 5.91 Å². The molecule has 4 rings (SSSR count). The first-order chi connectivity index (χ1) is 13.6. The first kappa shape index (κ1) is 18.7. The van der Waals surface area contributed by atoms with Gasteiger partial charge in [-0.2, -0.15) is 5.10 Å². The second-order valence-corrected chi connectivity index (χ2v) is 7.92. The van der Waals surface area contributed by atoms with Gasteiger partial charge in [-0.25, -0.2) is 9.67 Å². The molecule has 0 radical (unpaired) electrons. The summed E-state index contributed by atoms with van der Waals surface area (Å²) in [6.45, 7) is 4.80. The van der Waals surface area contributed by atoms with Crippen molar-refractivity contribution in [2.24, 2.45) is 0 Å². The SMILES string of the molecule is Cc1cc(C)c2c(-n3cccc3)nn(CCCC(=O)NC3CCCCC3)c2n1. The van der Waals surface area contributed by atoms with Gasteiger partial charge in [0.25, 0.3) is 0 Å². The van der Waals surface area contributed by atoms with Crippen molar-refractivity contribution < 1.29 is 4.79 Å². The van der Waals surface area contributed by atoms with Crippen LogP contribution in [0.3, 0.4) is 0 Å². The Bertz CT molecular complexity index is 951. The predicted molar refractivity (Wildman–Crippen MR) is 111 cm³/mol. The zero-order valence-electron chi connectivity index (χ0n) is 16.8. The summed E-state index contributed by atoms with van der Waals surface area (Å²) in [6, 6.07) is 6.47. The van der Waals surface area contributed by atoms with Crippen molar-refractivity contribution >= 4 is 16.9 Å². The van der Waals surface area contributed by atoms with Crippen LogP contribution in [-0.2, 0) is 11.3 Å². The Morgan fingerprint density at radius 1 is 1.18 bits per heavy atom. The average molecular weight is 380 g/mol. The highest BCUT2D eigenvalue weighted by Gasteiger charge is 2.18. The van der Waals surface area contributed by atoms with E-state index in [1.807, 2.05) is 40.7 Å². The van der Waals surface area contributed by atoms with E-state index < -0.39 is 0 Å². The van der Waals surface area contributed by atoms with Gasteiger partial charge in [-0.05, 0) is 56.9 Å². The van der Waals surface area contributed by atoms with Gasteiger partial charge in [-0.1, -0.05) is 19.3 Å². The van der Waals surface area contributed by atoms with Crippen molar-refractivity contribution in [2.45, 2.75) is 71.4 Å². The van der Waals surface area contributed by atoms with E-state index in [0.29, 0.717) is 19.0 Å². The minimum absolute atomic E-state index is 0.161. The van der Waals surface area contributed by atoms with Gasteiger partial charge < -0.3 is 9.88 Å². The summed E-state index contributed by atoms with van der Waals surface area (Å²) in [5, 5.41) is 9.11. The normalized spacial score (nSPS) is 15.2. The average Bonchev–Trinajstić information content (AvgIpc) is 3.31. The Hall–Kier alpha value is -2.63. The lowest BCUT2D eigenvalue weighted by Gasteiger charge is -2.22. The monoisotopic (exact) mass is 379 g/mol. The molecule has 0 aliphatic heterocycles. The van der Waals surface area contributed by atoms with Crippen molar-refractivity contribution in [2.75, 3.05) is 0 Å². The number of nitrogens with zero attached hydrogens (tertiary/aromatic N) is 4. The topological polar surface area (TPSA) is 64.7 Å². The Labute approximate surface area is 166 Å². The molecule has 0 aromatic carbocycles. The zero-order chi connectivity index (χ0) is 19.5. The molecule has 3 aromatic heterocycles. The molecule has 0 bridgehead atoms. The quantitative estimate of drug-likeness (QED) is 0.702. The van der Waals surface area contributed by atoms with Gasteiger partial charge in [0, 0.05) is 37.1 Å². The van der Waals surface area contributed by atoms with Crippen LogP contribution < -0.4 is 5.32 Å². The largest absolute Gasteiger partial charge is 0.353 e. The second kappa shape index (κ2) is 8.17. The van der Waals surface area contributed by atoms with E-state index in [0.717, 1.165) is 41.8 Å². The van der Waals surface area contributed by atoms with Crippen LogP contribution in [0.2, 0.25) is 0 Å². The first-order valence-corrected chi connectivity index (χ1v) is 10.4. The van der Waals surface area contributed by atoms with E-state index in [1.54, 1.807) is 0 Å². The summed E-state index contributed by atoms with van der Waals surface area (Å²) in [5.74, 6) is 1.06.